The molecule has 0 spiro atoms. The molecule has 84 valence electrons. The zero-order chi connectivity index (χ0) is 11.5. The van der Waals surface area contributed by atoms with Crippen LogP contribution in [0.1, 0.15) is 10.4 Å². The molecule has 0 aliphatic carbocycles. The van der Waals surface area contributed by atoms with Crippen LogP contribution in [0, 0.1) is 6.92 Å². The molecule has 0 aliphatic rings. The van der Waals surface area contributed by atoms with Gasteiger partial charge >= 0.3 is 0 Å². The van der Waals surface area contributed by atoms with Crippen molar-refractivity contribution in [3.8, 4) is 5.75 Å². The number of ether oxygens (including phenoxy) is 1. The SMILES string of the molecule is Cc1ccc(OCc2cnc(N)s2)c(Br)c1. The highest BCUT2D eigenvalue weighted by molar-refractivity contribution is 9.10. The lowest BCUT2D eigenvalue weighted by Gasteiger charge is -2.07. The van der Waals surface area contributed by atoms with Gasteiger partial charge in [0.1, 0.15) is 12.4 Å². The summed E-state index contributed by atoms with van der Waals surface area (Å²) in [6.45, 7) is 2.54. The van der Waals surface area contributed by atoms with Crippen LogP contribution in [0.5, 0.6) is 5.75 Å². The number of aromatic nitrogens is 1. The van der Waals surface area contributed by atoms with Crippen molar-refractivity contribution in [2.45, 2.75) is 13.5 Å². The topological polar surface area (TPSA) is 48.1 Å². The second-order valence-electron chi connectivity index (χ2n) is 3.39. The summed E-state index contributed by atoms with van der Waals surface area (Å²) in [6.07, 6.45) is 1.74. The van der Waals surface area contributed by atoms with Gasteiger partial charge in [0.2, 0.25) is 0 Å². The van der Waals surface area contributed by atoms with E-state index in [-0.39, 0.29) is 0 Å². The number of halogens is 1. The van der Waals surface area contributed by atoms with E-state index in [2.05, 4.69) is 20.9 Å². The van der Waals surface area contributed by atoms with Crippen LogP contribution in [0.15, 0.2) is 28.9 Å². The lowest BCUT2D eigenvalue weighted by Crippen LogP contribution is -1.93. The minimum absolute atomic E-state index is 0.497. The summed E-state index contributed by atoms with van der Waals surface area (Å²) >= 11 is 4.91. The fourth-order valence-electron chi connectivity index (χ4n) is 1.26. The van der Waals surface area contributed by atoms with Crippen LogP contribution >= 0.6 is 27.3 Å². The van der Waals surface area contributed by atoms with Crippen LogP contribution in [0.25, 0.3) is 0 Å². The zero-order valence-electron chi connectivity index (χ0n) is 8.74. The monoisotopic (exact) mass is 298 g/mol. The van der Waals surface area contributed by atoms with Crippen LogP contribution in [0.4, 0.5) is 5.13 Å². The van der Waals surface area contributed by atoms with E-state index in [0.717, 1.165) is 15.1 Å². The minimum atomic E-state index is 0.497. The number of aryl methyl sites for hydroxylation is 1. The molecule has 1 heterocycles. The van der Waals surface area contributed by atoms with Crippen molar-refractivity contribution >= 4 is 32.4 Å². The Bertz CT molecular complexity index is 498. The zero-order valence-corrected chi connectivity index (χ0v) is 11.1. The summed E-state index contributed by atoms with van der Waals surface area (Å²) in [5.74, 6) is 0.831. The molecule has 0 bridgehead atoms. The fourth-order valence-corrected chi connectivity index (χ4v) is 2.47. The summed E-state index contributed by atoms with van der Waals surface area (Å²) in [5, 5.41) is 0.571. The summed E-state index contributed by atoms with van der Waals surface area (Å²) in [7, 11) is 0. The maximum atomic E-state index is 5.66. The van der Waals surface area contributed by atoms with Crippen LogP contribution in [-0.4, -0.2) is 4.98 Å². The maximum Gasteiger partial charge on any atom is 0.180 e. The van der Waals surface area contributed by atoms with Crippen LogP contribution in [0.3, 0.4) is 0 Å². The molecule has 0 unspecified atom stereocenters. The quantitative estimate of drug-likeness (QED) is 0.945. The number of nitrogen functional groups attached to an aromatic ring is 1. The fraction of sp³-hybridized carbons (Fsp3) is 0.182. The van der Waals surface area contributed by atoms with E-state index in [0.29, 0.717) is 11.7 Å². The molecule has 1 aromatic heterocycles. The van der Waals surface area contributed by atoms with Gasteiger partial charge in [0, 0.05) is 6.20 Å². The van der Waals surface area contributed by atoms with Crippen molar-refractivity contribution in [1.29, 1.82) is 0 Å². The molecule has 0 atom stereocenters. The molecule has 5 heteroatoms. The molecule has 3 nitrogen and oxygen atoms in total. The Morgan fingerprint density at radius 1 is 1.50 bits per heavy atom. The molecule has 2 rings (SSSR count). The normalized spacial score (nSPS) is 10.4. The van der Waals surface area contributed by atoms with Gasteiger partial charge in [-0.1, -0.05) is 17.4 Å². The van der Waals surface area contributed by atoms with Gasteiger partial charge in [-0.3, -0.25) is 0 Å². The Morgan fingerprint density at radius 3 is 2.94 bits per heavy atom. The summed E-state index contributed by atoms with van der Waals surface area (Å²) < 4.78 is 6.62. The first-order valence-corrected chi connectivity index (χ1v) is 6.35. The van der Waals surface area contributed by atoms with Crippen molar-refractivity contribution in [3.63, 3.8) is 0 Å². The first-order valence-electron chi connectivity index (χ1n) is 4.74. The summed E-state index contributed by atoms with van der Waals surface area (Å²) in [4.78, 5) is 4.99. The molecule has 2 aromatic rings. The predicted octanol–water partition coefficient (Wildman–Crippen LogP) is 3.38. The van der Waals surface area contributed by atoms with Crippen LogP contribution in [0.2, 0.25) is 0 Å². The van der Waals surface area contributed by atoms with Crippen LogP contribution < -0.4 is 10.5 Å². The first-order chi connectivity index (χ1) is 7.65. The first kappa shape index (κ1) is 11.4. The smallest absolute Gasteiger partial charge is 0.180 e. The van der Waals surface area contributed by atoms with E-state index < -0.39 is 0 Å². The highest BCUT2D eigenvalue weighted by Crippen LogP contribution is 2.27. The van der Waals surface area contributed by atoms with Gasteiger partial charge in [-0.2, -0.15) is 0 Å². The third kappa shape index (κ3) is 2.74. The van der Waals surface area contributed by atoms with Crippen molar-refractivity contribution in [1.82, 2.24) is 4.98 Å². The molecule has 0 saturated carbocycles. The van der Waals surface area contributed by atoms with E-state index in [4.69, 9.17) is 10.5 Å². The van der Waals surface area contributed by atoms with Crippen molar-refractivity contribution < 1.29 is 4.74 Å². The molecule has 0 fully saturated rings. The number of nitrogens with two attached hydrogens (primary N) is 1. The average molecular weight is 299 g/mol. The number of hydrogen-bond donors (Lipinski definition) is 1. The van der Waals surface area contributed by atoms with E-state index >= 15 is 0 Å². The summed E-state index contributed by atoms with van der Waals surface area (Å²) in [5.41, 5.74) is 6.74. The number of rotatable bonds is 3. The third-order valence-electron chi connectivity index (χ3n) is 2.03. The Morgan fingerprint density at radius 2 is 2.31 bits per heavy atom. The van der Waals surface area contributed by atoms with E-state index in [1.807, 2.05) is 25.1 Å². The minimum Gasteiger partial charge on any atom is -0.487 e. The number of nitrogens with zero attached hydrogens (tertiary/aromatic N) is 1. The molecule has 0 saturated heterocycles. The van der Waals surface area contributed by atoms with Crippen molar-refractivity contribution in [3.05, 3.63) is 39.3 Å². The van der Waals surface area contributed by atoms with E-state index in [9.17, 15) is 0 Å². The summed E-state index contributed by atoms with van der Waals surface area (Å²) in [6, 6.07) is 5.99. The van der Waals surface area contributed by atoms with Gasteiger partial charge in [0.05, 0.1) is 9.35 Å². The average Bonchev–Trinajstić information content (AvgIpc) is 2.63. The van der Waals surface area contributed by atoms with Gasteiger partial charge < -0.3 is 10.5 Å². The predicted molar refractivity (Wildman–Crippen MR) is 69.7 cm³/mol. The second kappa shape index (κ2) is 4.84. The third-order valence-corrected chi connectivity index (χ3v) is 3.45. The van der Waals surface area contributed by atoms with Crippen molar-refractivity contribution in [2.24, 2.45) is 0 Å². The van der Waals surface area contributed by atoms with E-state index in [1.165, 1.54) is 16.9 Å². The largest absolute Gasteiger partial charge is 0.487 e. The Labute approximate surface area is 106 Å². The standard InChI is InChI=1S/C11H11BrN2OS/c1-7-2-3-10(9(12)4-7)15-6-8-5-14-11(13)16-8/h2-5H,6H2,1H3,(H2,13,14). The van der Waals surface area contributed by atoms with Gasteiger partial charge in [-0.25, -0.2) is 4.98 Å². The Balaban J connectivity index is 2.04. The molecular weight excluding hydrogens is 288 g/mol. The molecular formula is C11H11BrN2OS. The Kier molecular flexibility index (Phi) is 3.46. The highest BCUT2D eigenvalue weighted by atomic mass is 79.9. The Hall–Kier alpha value is -1.07. The number of benzene rings is 1. The number of anilines is 1. The van der Waals surface area contributed by atoms with Gasteiger partial charge in [-0.05, 0) is 40.5 Å². The molecule has 0 radical (unpaired) electrons. The number of thiazole rings is 1. The van der Waals surface area contributed by atoms with Gasteiger partial charge in [0.15, 0.2) is 5.13 Å². The van der Waals surface area contributed by atoms with Crippen LogP contribution in [-0.2, 0) is 6.61 Å². The van der Waals surface area contributed by atoms with Crippen molar-refractivity contribution in [2.75, 3.05) is 5.73 Å². The molecule has 0 aliphatic heterocycles. The molecule has 16 heavy (non-hydrogen) atoms. The van der Waals surface area contributed by atoms with Gasteiger partial charge in [-0.15, -0.1) is 0 Å². The number of hydrogen-bond acceptors (Lipinski definition) is 4. The molecule has 2 N–H and O–H groups in total. The van der Waals surface area contributed by atoms with E-state index in [1.54, 1.807) is 6.20 Å². The molecule has 0 amide bonds. The molecule has 1 aromatic carbocycles. The second-order valence-corrected chi connectivity index (χ2v) is 5.39. The maximum absolute atomic E-state index is 5.66. The lowest BCUT2D eigenvalue weighted by molar-refractivity contribution is 0.307. The van der Waals surface area contributed by atoms with Gasteiger partial charge in [0.25, 0.3) is 0 Å². The highest BCUT2D eigenvalue weighted by Gasteiger charge is 2.03. The lowest BCUT2D eigenvalue weighted by atomic mass is 10.2.